The van der Waals surface area contributed by atoms with Crippen molar-refractivity contribution >= 4 is 0 Å². The highest BCUT2D eigenvalue weighted by atomic mass is 19.1. The quantitative estimate of drug-likeness (QED) is 0.611. The summed E-state index contributed by atoms with van der Waals surface area (Å²) in [4.78, 5) is 0. The lowest BCUT2D eigenvalue weighted by molar-refractivity contribution is 0.418. The van der Waals surface area contributed by atoms with Crippen molar-refractivity contribution in [2.45, 2.75) is 52.4 Å². The molecule has 0 fully saturated rings. The number of halogens is 1. The van der Waals surface area contributed by atoms with Gasteiger partial charge in [-0.1, -0.05) is 51.3 Å². The van der Waals surface area contributed by atoms with Crippen LogP contribution in [0.25, 0.3) is 0 Å². The summed E-state index contributed by atoms with van der Waals surface area (Å²) in [5, 5.41) is 3.48. The SMILES string of the molecule is CCCCCC(CNCCC)Cc1ccccc1F. The van der Waals surface area contributed by atoms with Gasteiger partial charge in [0.05, 0.1) is 0 Å². The van der Waals surface area contributed by atoms with E-state index in [1.807, 2.05) is 12.1 Å². The van der Waals surface area contributed by atoms with Gasteiger partial charge in [-0.15, -0.1) is 0 Å². The molecule has 0 bridgehead atoms. The molecule has 1 unspecified atom stereocenters. The third-order valence-corrected chi connectivity index (χ3v) is 3.54. The fraction of sp³-hybridized carbons (Fsp3) is 0.647. The largest absolute Gasteiger partial charge is 0.316 e. The van der Waals surface area contributed by atoms with Crippen LogP contribution in [0.4, 0.5) is 4.39 Å². The summed E-state index contributed by atoms with van der Waals surface area (Å²) < 4.78 is 13.7. The average molecular weight is 265 g/mol. The Labute approximate surface area is 117 Å². The summed E-state index contributed by atoms with van der Waals surface area (Å²) in [6.07, 6.45) is 6.98. The summed E-state index contributed by atoms with van der Waals surface area (Å²) in [7, 11) is 0. The maximum Gasteiger partial charge on any atom is 0.126 e. The Kier molecular flexibility index (Phi) is 8.48. The molecule has 1 aromatic rings. The molecule has 0 saturated heterocycles. The Balaban J connectivity index is 2.49. The lowest BCUT2D eigenvalue weighted by atomic mass is 9.93. The molecule has 0 heterocycles. The first-order valence-corrected chi connectivity index (χ1v) is 7.72. The topological polar surface area (TPSA) is 12.0 Å². The highest BCUT2D eigenvalue weighted by Gasteiger charge is 2.11. The van der Waals surface area contributed by atoms with Gasteiger partial charge in [0.25, 0.3) is 0 Å². The first-order valence-electron chi connectivity index (χ1n) is 7.72. The van der Waals surface area contributed by atoms with Gasteiger partial charge in [-0.3, -0.25) is 0 Å². The molecule has 1 atom stereocenters. The summed E-state index contributed by atoms with van der Waals surface area (Å²) in [6.45, 7) is 6.46. The second-order valence-corrected chi connectivity index (χ2v) is 5.36. The second-order valence-electron chi connectivity index (χ2n) is 5.36. The van der Waals surface area contributed by atoms with E-state index in [0.717, 1.165) is 31.5 Å². The van der Waals surface area contributed by atoms with E-state index in [2.05, 4.69) is 19.2 Å². The zero-order chi connectivity index (χ0) is 13.9. The van der Waals surface area contributed by atoms with E-state index < -0.39 is 0 Å². The molecule has 1 nitrogen and oxygen atoms in total. The number of hydrogen-bond acceptors (Lipinski definition) is 1. The Morgan fingerprint density at radius 2 is 1.89 bits per heavy atom. The summed E-state index contributed by atoms with van der Waals surface area (Å²) in [5.74, 6) is 0.494. The minimum Gasteiger partial charge on any atom is -0.316 e. The van der Waals surface area contributed by atoms with Crippen LogP contribution in [-0.4, -0.2) is 13.1 Å². The molecule has 0 aliphatic heterocycles. The molecule has 1 rings (SSSR count). The normalized spacial score (nSPS) is 12.6. The predicted molar refractivity (Wildman–Crippen MR) is 80.9 cm³/mol. The maximum absolute atomic E-state index is 13.7. The fourth-order valence-electron chi connectivity index (χ4n) is 2.42. The Hall–Kier alpha value is -0.890. The lowest BCUT2D eigenvalue weighted by Crippen LogP contribution is -2.25. The Bertz CT molecular complexity index is 328. The molecule has 0 aromatic heterocycles. The molecule has 0 spiro atoms. The number of unbranched alkanes of at least 4 members (excludes halogenated alkanes) is 2. The van der Waals surface area contributed by atoms with Gasteiger partial charge in [-0.25, -0.2) is 4.39 Å². The van der Waals surface area contributed by atoms with E-state index >= 15 is 0 Å². The lowest BCUT2D eigenvalue weighted by Gasteiger charge is -2.18. The number of benzene rings is 1. The second kappa shape index (κ2) is 9.96. The van der Waals surface area contributed by atoms with Crippen molar-refractivity contribution in [2.24, 2.45) is 5.92 Å². The maximum atomic E-state index is 13.7. The van der Waals surface area contributed by atoms with Crippen molar-refractivity contribution in [3.05, 3.63) is 35.6 Å². The van der Waals surface area contributed by atoms with Gasteiger partial charge < -0.3 is 5.32 Å². The molecule has 108 valence electrons. The van der Waals surface area contributed by atoms with Crippen LogP contribution >= 0.6 is 0 Å². The highest BCUT2D eigenvalue weighted by molar-refractivity contribution is 5.17. The van der Waals surface area contributed by atoms with Gasteiger partial charge in [-0.05, 0) is 49.9 Å². The third kappa shape index (κ3) is 6.72. The van der Waals surface area contributed by atoms with Gasteiger partial charge in [0.2, 0.25) is 0 Å². The first kappa shape index (κ1) is 16.2. The summed E-state index contributed by atoms with van der Waals surface area (Å²) in [6, 6.07) is 7.18. The molecule has 1 N–H and O–H groups in total. The zero-order valence-corrected chi connectivity index (χ0v) is 12.4. The van der Waals surface area contributed by atoms with Crippen molar-refractivity contribution in [1.82, 2.24) is 5.32 Å². The van der Waals surface area contributed by atoms with E-state index in [9.17, 15) is 4.39 Å². The van der Waals surface area contributed by atoms with Crippen LogP contribution in [0, 0.1) is 11.7 Å². The molecule has 19 heavy (non-hydrogen) atoms. The van der Waals surface area contributed by atoms with Gasteiger partial charge >= 0.3 is 0 Å². The molecule has 0 radical (unpaired) electrons. The molecule has 2 heteroatoms. The highest BCUT2D eigenvalue weighted by Crippen LogP contribution is 2.17. The van der Waals surface area contributed by atoms with Crippen molar-refractivity contribution in [3.63, 3.8) is 0 Å². The van der Waals surface area contributed by atoms with Crippen molar-refractivity contribution in [1.29, 1.82) is 0 Å². The Morgan fingerprint density at radius 1 is 1.11 bits per heavy atom. The smallest absolute Gasteiger partial charge is 0.126 e. The molecule has 0 amide bonds. The van der Waals surface area contributed by atoms with Gasteiger partial charge in [0, 0.05) is 0 Å². The van der Waals surface area contributed by atoms with Crippen LogP contribution in [0.5, 0.6) is 0 Å². The zero-order valence-electron chi connectivity index (χ0n) is 12.4. The summed E-state index contributed by atoms with van der Waals surface area (Å²) in [5.41, 5.74) is 0.863. The van der Waals surface area contributed by atoms with Gasteiger partial charge in [0.1, 0.15) is 5.82 Å². The van der Waals surface area contributed by atoms with E-state index in [1.54, 1.807) is 12.1 Å². The number of nitrogens with one attached hydrogen (secondary N) is 1. The van der Waals surface area contributed by atoms with Crippen LogP contribution in [0.2, 0.25) is 0 Å². The van der Waals surface area contributed by atoms with Crippen molar-refractivity contribution in [3.8, 4) is 0 Å². The van der Waals surface area contributed by atoms with Crippen LogP contribution in [0.3, 0.4) is 0 Å². The minimum absolute atomic E-state index is 0.0570. The van der Waals surface area contributed by atoms with Gasteiger partial charge in [-0.2, -0.15) is 0 Å². The molecule has 0 aliphatic rings. The van der Waals surface area contributed by atoms with Crippen molar-refractivity contribution < 1.29 is 4.39 Å². The molecular weight excluding hydrogens is 237 g/mol. The minimum atomic E-state index is -0.0570. The standard InChI is InChI=1S/C17H28FN/c1-3-5-6-9-15(14-19-12-4-2)13-16-10-7-8-11-17(16)18/h7-8,10-11,15,19H,3-6,9,12-14H2,1-2H3. The van der Waals surface area contributed by atoms with E-state index in [4.69, 9.17) is 0 Å². The first-order chi connectivity index (χ1) is 9.27. The number of hydrogen-bond donors (Lipinski definition) is 1. The summed E-state index contributed by atoms with van der Waals surface area (Å²) >= 11 is 0. The van der Waals surface area contributed by atoms with E-state index in [1.165, 1.54) is 25.7 Å². The van der Waals surface area contributed by atoms with Crippen LogP contribution in [0.15, 0.2) is 24.3 Å². The molecular formula is C17H28FN. The van der Waals surface area contributed by atoms with Crippen LogP contribution in [-0.2, 0) is 6.42 Å². The fourth-order valence-corrected chi connectivity index (χ4v) is 2.42. The molecule has 0 saturated carbocycles. The Morgan fingerprint density at radius 3 is 2.58 bits per heavy atom. The molecule has 1 aromatic carbocycles. The van der Waals surface area contributed by atoms with Crippen molar-refractivity contribution in [2.75, 3.05) is 13.1 Å². The van der Waals surface area contributed by atoms with E-state index in [0.29, 0.717) is 5.92 Å². The van der Waals surface area contributed by atoms with Gasteiger partial charge in [0.15, 0.2) is 0 Å². The third-order valence-electron chi connectivity index (χ3n) is 3.54. The number of rotatable bonds is 10. The monoisotopic (exact) mass is 265 g/mol. The predicted octanol–water partition coefficient (Wildman–Crippen LogP) is 4.56. The van der Waals surface area contributed by atoms with E-state index in [-0.39, 0.29) is 5.82 Å². The average Bonchev–Trinajstić information content (AvgIpc) is 2.41. The van der Waals surface area contributed by atoms with Crippen LogP contribution in [0.1, 0.15) is 51.5 Å². The molecule has 0 aliphatic carbocycles. The van der Waals surface area contributed by atoms with Crippen LogP contribution < -0.4 is 5.32 Å².